The number of rotatable bonds is 2. The van der Waals surface area contributed by atoms with Crippen molar-refractivity contribution in [3.05, 3.63) is 40.4 Å². The average Bonchev–Trinajstić information content (AvgIpc) is 2.28. The lowest BCUT2D eigenvalue weighted by Gasteiger charge is -2.23. The lowest BCUT2D eigenvalue weighted by atomic mass is 10.3. The van der Waals surface area contributed by atoms with Crippen molar-refractivity contribution in [1.82, 2.24) is 4.31 Å². The molecular formula is C11H10BrF2NO2S. The van der Waals surface area contributed by atoms with Gasteiger partial charge in [0.2, 0.25) is 10.0 Å². The first-order valence-corrected chi connectivity index (χ1v) is 7.46. The lowest BCUT2D eigenvalue weighted by Crippen LogP contribution is -2.34. The molecule has 0 aromatic heterocycles. The maximum absolute atomic E-state index is 13.7. The molecule has 0 amide bonds. The van der Waals surface area contributed by atoms with Gasteiger partial charge < -0.3 is 0 Å². The molecule has 0 unspecified atom stereocenters. The second-order valence-electron chi connectivity index (χ2n) is 3.82. The molecule has 0 radical (unpaired) electrons. The highest BCUT2D eigenvalue weighted by Gasteiger charge is 2.30. The first-order valence-electron chi connectivity index (χ1n) is 5.22. The zero-order chi connectivity index (χ0) is 13.3. The van der Waals surface area contributed by atoms with Gasteiger partial charge in [-0.3, -0.25) is 0 Å². The Labute approximate surface area is 112 Å². The minimum Gasteiger partial charge on any atom is -0.207 e. The number of nitrogens with zero attached hydrogens (tertiary/aromatic N) is 1. The first kappa shape index (κ1) is 13.6. The highest BCUT2D eigenvalue weighted by atomic mass is 79.9. The van der Waals surface area contributed by atoms with Gasteiger partial charge in [-0.25, -0.2) is 17.2 Å². The van der Waals surface area contributed by atoms with E-state index in [4.69, 9.17) is 0 Å². The maximum Gasteiger partial charge on any atom is 0.247 e. The highest BCUT2D eigenvalue weighted by Crippen LogP contribution is 2.29. The van der Waals surface area contributed by atoms with E-state index in [1.54, 1.807) is 6.08 Å². The van der Waals surface area contributed by atoms with Crippen molar-refractivity contribution >= 4 is 26.0 Å². The summed E-state index contributed by atoms with van der Waals surface area (Å²) in [7, 11) is -3.95. The summed E-state index contributed by atoms with van der Waals surface area (Å²) >= 11 is 2.90. The predicted molar refractivity (Wildman–Crippen MR) is 66.6 cm³/mol. The molecule has 1 aliphatic rings. The summed E-state index contributed by atoms with van der Waals surface area (Å²) in [6.45, 7) is 0.494. The lowest BCUT2D eigenvalue weighted by molar-refractivity contribution is 0.431. The van der Waals surface area contributed by atoms with E-state index in [1.807, 2.05) is 6.08 Å². The monoisotopic (exact) mass is 337 g/mol. The van der Waals surface area contributed by atoms with Crippen molar-refractivity contribution in [2.45, 2.75) is 11.3 Å². The molecule has 1 aromatic rings. The van der Waals surface area contributed by atoms with Crippen LogP contribution in [0.15, 0.2) is 33.7 Å². The van der Waals surface area contributed by atoms with Crippen LogP contribution in [0.4, 0.5) is 8.78 Å². The standard InChI is InChI=1S/C11H10BrF2NO2S/c12-9-6-8(13)7-10(14)11(9)18(16,17)15-4-2-1-3-5-15/h1-2,6-7H,3-5H2. The zero-order valence-corrected chi connectivity index (χ0v) is 11.6. The zero-order valence-electron chi connectivity index (χ0n) is 9.24. The van der Waals surface area contributed by atoms with E-state index in [1.165, 1.54) is 0 Å². The van der Waals surface area contributed by atoms with Gasteiger partial charge in [0.15, 0.2) is 0 Å². The topological polar surface area (TPSA) is 37.4 Å². The van der Waals surface area contributed by atoms with E-state index in [2.05, 4.69) is 15.9 Å². The van der Waals surface area contributed by atoms with Crippen LogP contribution in [0.3, 0.4) is 0 Å². The van der Waals surface area contributed by atoms with E-state index in [9.17, 15) is 17.2 Å². The Morgan fingerprint density at radius 3 is 2.50 bits per heavy atom. The fraction of sp³-hybridized carbons (Fsp3) is 0.273. The molecule has 1 heterocycles. The van der Waals surface area contributed by atoms with Gasteiger partial charge in [0.05, 0.1) is 0 Å². The molecule has 0 saturated carbocycles. The van der Waals surface area contributed by atoms with Gasteiger partial charge in [0.1, 0.15) is 16.5 Å². The van der Waals surface area contributed by atoms with E-state index in [0.29, 0.717) is 19.0 Å². The van der Waals surface area contributed by atoms with Crippen LogP contribution >= 0.6 is 15.9 Å². The Bertz CT molecular complexity index is 578. The molecule has 0 fully saturated rings. The minimum atomic E-state index is -3.95. The van der Waals surface area contributed by atoms with Gasteiger partial charge in [0.25, 0.3) is 0 Å². The third-order valence-electron chi connectivity index (χ3n) is 2.58. The molecule has 1 aliphatic heterocycles. The quantitative estimate of drug-likeness (QED) is 0.778. The second-order valence-corrected chi connectivity index (χ2v) is 6.55. The molecule has 3 nitrogen and oxygen atoms in total. The fourth-order valence-corrected chi connectivity index (χ4v) is 4.26. The second kappa shape index (κ2) is 5.07. The maximum atomic E-state index is 13.7. The number of sulfonamides is 1. The summed E-state index contributed by atoms with van der Waals surface area (Å²) in [4.78, 5) is -0.515. The molecule has 0 bridgehead atoms. The van der Waals surface area contributed by atoms with Crippen LogP contribution in [0.1, 0.15) is 6.42 Å². The third kappa shape index (κ3) is 2.48. The number of hydrogen-bond acceptors (Lipinski definition) is 2. The molecule has 0 N–H and O–H groups in total. The molecule has 1 aromatic carbocycles. The van der Waals surface area contributed by atoms with Crippen LogP contribution in [0, 0.1) is 11.6 Å². The molecule has 0 spiro atoms. The molecule has 2 rings (SSSR count). The number of halogens is 3. The molecule has 0 atom stereocenters. The normalized spacial score (nSPS) is 17.1. The van der Waals surface area contributed by atoms with Crippen LogP contribution in [0.5, 0.6) is 0 Å². The van der Waals surface area contributed by atoms with Crippen LogP contribution in [-0.4, -0.2) is 25.8 Å². The Balaban J connectivity index is 2.51. The highest BCUT2D eigenvalue weighted by molar-refractivity contribution is 9.10. The molecule has 0 aliphatic carbocycles. The van der Waals surface area contributed by atoms with Crippen molar-refractivity contribution < 1.29 is 17.2 Å². The summed E-state index contributed by atoms with van der Waals surface area (Å²) in [6, 6.07) is 1.51. The van der Waals surface area contributed by atoms with Crippen molar-refractivity contribution in [3.63, 3.8) is 0 Å². The molecule has 0 saturated heterocycles. The smallest absolute Gasteiger partial charge is 0.207 e. The van der Waals surface area contributed by atoms with Crippen molar-refractivity contribution in [1.29, 1.82) is 0 Å². The summed E-state index contributed by atoms with van der Waals surface area (Å²) in [5.74, 6) is -1.91. The van der Waals surface area contributed by atoms with Gasteiger partial charge >= 0.3 is 0 Å². The van der Waals surface area contributed by atoms with Crippen molar-refractivity contribution in [2.75, 3.05) is 13.1 Å². The summed E-state index contributed by atoms with van der Waals surface area (Å²) < 4.78 is 52.2. The van der Waals surface area contributed by atoms with Gasteiger partial charge in [-0.1, -0.05) is 12.2 Å². The van der Waals surface area contributed by atoms with E-state index in [-0.39, 0.29) is 11.0 Å². The fourth-order valence-electron chi connectivity index (χ4n) is 1.74. The Morgan fingerprint density at radius 2 is 1.94 bits per heavy atom. The van der Waals surface area contributed by atoms with Crippen LogP contribution in [0.25, 0.3) is 0 Å². The average molecular weight is 338 g/mol. The van der Waals surface area contributed by atoms with Crippen LogP contribution in [-0.2, 0) is 10.0 Å². The van der Waals surface area contributed by atoms with E-state index < -0.39 is 26.6 Å². The van der Waals surface area contributed by atoms with Crippen LogP contribution in [0.2, 0.25) is 0 Å². The summed E-state index contributed by atoms with van der Waals surface area (Å²) in [6.07, 6.45) is 4.15. The van der Waals surface area contributed by atoms with Crippen LogP contribution < -0.4 is 0 Å². The molecule has 18 heavy (non-hydrogen) atoms. The third-order valence-corrected chi connectivity index (χ3v) is 5.41. The number of benzene rings is 1. The summed E-state index contributed by atoms with van der Waals surface area (Å²) in [5.41, 5.74) is 0. The Kier molecular flexibility index (Phi) is 3.84. The minimum absolute atomic E-state index is 0.102. The first-order chi connectivity index (χ1) is 8.43. The molecule has 98 valence electrons. The van der Waals surface area contributed by atoms with Gasteiger partial charge in [-0.15, -0.1) is 0 Å². The Hall–Kier alpha value is -0.790. The molecular weight excluding hydrogens is 328 g/mol. The van der Waals surface area contributed by atoms with Gasteiger partial charge in [0, 0.05) is 23.6 Å². The SMILES string of the molecule is O=S(=O)(c1c(F)cc(F)cc1Br)N1CC=CCC1. The van der Waals surface area contributed by atoms with E-state index in [0.717, 1.165) is 10.4 Å². The largest absolute Gasteiger partial charge is 0.247 e. The van der Waals surface area contributed by atoms with Gasteiger partial charge in [-0.2, -0.15) is 4.31 Å². The predicted octanol–water partition coefficient (Wildman–Crippen LogP) is 2.68. The summed E-state index contributed by atoms with van der Waals surface area (Å²) in [5, 5.41) is 0. The van der Waals surface area contributed by atoms with Gasteiger partial charge in [-0.05, 0) is 28.4 Å². The number of hydrogen-bond donors (Lipinski definition) is 0. The van der Waals surface area contributed by atoms with Crippen molar-refractivity contribution in [2.24, 2.45) is 0 Å². The Morgan fingerprint density at radius 1 is 1.22 bits per heavy atom. The van der Waals surface area contributed by atoms with Crippen molar-refractivity contribution in [3.8, 4) is 0 Å². The molecule has 7 heteroatoms. The van der Waals surface area contributed by atoms with E-state index >= 15 is 0 Å².